The molecule has 0 bridgehead atoms. The molecule has 1 aliphatic rings. The number of hydrogen-bond donors (Lipinski definition) is 2. The van der Waals surface area contributed by atoms with Gasteiger partial charge in [0.25, 0.3) is 5.78 Å². The fourth-order valence-corrected chi connectivity index (χ4v) is 5.85. The Morgan fingerprint density at radius 3 is 2.42 bits per heavy atom. The molecule has 1 fully saturated rings. The lowest BCUT2D eigenvalue weighted by Gasteiger charge is -2.23. The van der Waals surface area contributed by atoms with Crippen LogP contribution in [0.1, 0.15) is 28.3 Å². The van der Waals surface area contributed by atoms with Gasteiger partial charge in [-0.15, -0.1) is 0 Å². The number of aliphatic hydroxyl groups is 1. The second kappa shape index (κ2) is 9.07. The van der Waals surface area contributed by atoms with E-state index in [2.05, 4.69) is 20.9 Å². The molecule has 1 amide bonds. The molecule has 3 aromatic carbocycles. The van der Waals surface area contributed by atoms with Crippen LogP contribution >= 0.6 is 27.3 Å². The van der Waals surface area contributed by atoms with Crippen LogP contribution in [-0.2, 0) is 9.59 Å². The van der Waals surface area contributed by atoms with Crippen molar-refractivity contribution < 1.29 is 24.5 Å². The van der Waals surface area contributed by atoms with Gasteiger partial charge in [0.2, 0.25) is 0 Å². The van der Waals surface area contributed by atoms with Gasteiger partial charge < -0.3 is 14.9 Å². The molecule has 0 aliphatic carbocycles. The van der Waals surface area contributed by atoms with E-state index < -0.39 is 17.7 Å². The Labute approximate surface area is 219 Å². The number of carbonyl (C=O) groups excluding carboxylic acids is 2. The Morgan fingerprint density at radius 1 is 1.06 bits per heavy atom. The summed E-state index contributed by atoms with van der Waals surface area (Å²) >= 11 is 4.71. The van der Waals surface area contributed by atoms with Gasteiger partial charge in [-0.2, -0.15) is 0 Å². The molecule has 1 aromatic heterocycles. The van der Waals surface area contributed by atoms with Crippen molar-refractivity contribution in [2.24, 2.45) is 0 Å². The normalized spacial score (nSPS) is 17.2. The van der Waals surface area contributed by atoms with Crippen molar-refractivity contribution in [1.29, 1.82) is 0 Å². The number of hydrogen-bond acceptors (Lipinski definition) is 7. The van der Waals surface area contributed by atoms with Crippen molar-refractivity contribution >= 4 is 60.1 Å². The highest BCUT2D eigenvalue weighted by atomic mass is 79.9. The number of carbonyl (C=O) groups is 2. The number of aromatic hydroxyl groups is 1. The number of thiazole rings is 1. The van der Waals surface area contributed by atoms with Crippen molar-refractivity contribution in [1.82, 2.24) is 4.98 Å². The quantitative estimate of drug-likeness (QED) is 0.179. The van der Waals surface area contributed by atoms with E-state index in [1.54, 1.807) is 30.3 Å². The van der Waals surface area contributed by atoms with Gasteiger partial charge in [0.1, 0.15) is 17.3 Å². The summed E-state index contributed by atoms with van der Waals surface area (Å²) in [7, 11) is 1.52. The highest BCUT2D eigenvalue weighted by molar-refractivity contribution is 9.10. The van der Waals surface area contributed by atoms with Gasteiger partial charge in [0.05, 0.1) is 33.4 Å². The SMILES string of the molecule is COc1ccc(/C(O)=C2\C(=O)C(=O)N(c3nc4cc(C)c(C)cc4s3)C2c2ccc(O)cc2)cc1Br. The number of nitrogens with zero attached hydrogens (tertiary/aromatic N) is 2. The number of phenolic OH excluding ortho intramolecular Hbond substituents is 1. The molecule has 5 rings (SSSR count). The van der Waals surface area contributed by atoms with Crippen LogP contribution in [0.5, 0.6) is 11.5 Å². The molecule has 1 atom stereocenters. The summed E-state index contributed by atoms with van der Waals surface area (Å²) in [5, 5.41) is 21.5. The average Bonchev–Trinajstić information content (AvgIpc) is 3.37. The predicted molar refractivity (Wildman–Crippen MR) is 143 cm³/mol. The highest BCUT2D eigenvalue weighted by Gasteiger charge is 2.48. The van der Waals surface area contributed by atoms with E-state index in [0.29, 0.717) is 26.5 Å². The Balaban J connectivity index is 1.72. The number of anilines is 1. The molecular formula is C27H21BrN2O5S. The summed E-state index contributed by atoms with van der Waals surface area (Å²) in [4.78, 5) is 32.8. The lowest BCUT2D eigenvalue weighted by molar-refractivity contribution is -0.132. The van der Waals surface area contributed by atoms with Crippen LogP contribution in [0.25, 0.3) is 16.0 Å². The third-order valence-electron chi connectivity index (χ3n) is 6.28. The van der Waals surface area contributed by atoms with E-state index in [1.165, 1.54) is 35.5 Å². The number of aromatic nitrogens is 1. The van der Waals surface area contributed by atoms with E-state index in [0.717, 1.165) is 21.3 Å². The molecule has 2 N–H and O–H groups in total. The maximum Gasteiger partial charge on any atom is 0.301 e. The Morgan fingerprint density at radius 2 is 1.75 bits per heavy atom. The van der Waals surface area contributed by atoms with Crippen LogP contribution < -0.4 is 9.64 Å². The molecule has 4 aromatic rings. The average molecular weight is 565 g/mol. The van der Waals surface area contributed by atoms with Crippen LogP contribution in [0.4, 0.5) is 5.13 Å². The monoisotopic (exact) mass is 564 g/mol. The number of ketones is 1. The molecule has 1 unspecified atom stereocenters. The standard InChI is InChI=1S/C27H21BrN2O5S/c1-13-10-19-21(11-14(13)2)36-27(29-19)30-23(15-4-7-17(31)8-5-15)22(25(33)26(30)34)24(32)16-6-9-20(35-3)18(28)12-16/h4-12,23,31-32H,1-3H3/b24-22+. The fraction of sp³-hybridized carbons (Fsp3) is 0.148. The van der Waals surface area contributed by atoms with E-state index in [1.807, 2.05) is 26.0 Å². The van der Waals surface area contributed by atoms with Crippen LogP contribution in [-0.4, -0.2) is 34.0 Å². The number of rotatable bonds is 4. The number of ether oxygens (including phenoxy) is 1. The summed E-state index contributed by atoms with van der Waals surface area (Å²) in [6, 6.07) is 14.1. The maximum absolute atomic E-state index is 13.4. The molecule has 2 heterocycles. The molecule has 36 heavy (non-hydrogen) atoms. The first kappa shape index (κ1) is 24.0. The van der Waals surface area contributed by atoms with Crippen molar-refractivity contribution in [3.05, 3.63) is 86.9 Å². The largest absolute Gasteiger partial charge is 0.508 e. The number of fused-ring (bicyclic) bond motifs is 1. The summed E-state index contributed by atoms with van der Waals surface area (Å²) in [6.45, 7) is 3.99. The Kier molecular flexibility index (Phi) is 6.05. The van der Waals surface area contributed by atoms with Crippen molar-refractivity contribution in [2.45, 2.75) is 19.9 Å². The van der Waals surface area contributed by atoms with E-state index in [4.69, 9.17) is 4.74 Å². The first-order chi connectivity index (χ1) is 17.2. The lowest BCUT2D eigenvalue weighted by atomic mass is 9.95. The van der Waals surface area contributed by atoms with Crippen LogP contribution in [0, 0.1) is 13.8 Å². The summed E-state index contributed by atoms with van der Waals surface area (Å²) in [5.41, 5.74) is 3.73. The predicted octanol–water partition coefficient (Wildman–Crippen LogP) is 6.02. The smallest absolute Gasteiger partial charge is 0.301 e. The number of aliphatic hydroxyl groups excluding tert-OH is 1. The van der Waals surface area contributed by atoms with Gasteiger partial charge in [0.15, 0.2) is 5.13 Å². The zero-order valence-electron chi connectivity index (χ0n) is 19.6. The third kappa shape index (κ3) is 3.94. The zero-order valence-corrected chi connectivity index (χ0v) is 22.0. The molecule has 7 nitrogen and oxygen atoms in total. The molecular weight excluding hydrogens is 544 g/mol. The third-order valence-corrected chi connectivity index (χ3v) is 7.91. The molecule has 1 saturated heterocycles. The minimum Gasteiger partial charge on any atom is -0.508 e. The summed E-state index contributed by atoms with van der Waals surface area (Å²) in [5.74, 6) is -1.31. The van der Waals surface area contributed by atoms with Crippen LogP contribution in [0.2, 0.25) is 0 Å². The zero-order chi connectivity index (χ0) is 25.7. The van der Waals surface area contributed by atoms with E-state index >= 15 is 0 Å². The molecule has 182 valence electrons. The number of halogens is 1. The fourth-order valence-electron chi connectivity index (χ4n) is 4.24. The number of Topliss-reactive ketones (excluding diaryl/α,β-unsaturated/α-hetero) is 1. The molecule has 0 saturated carbocycles. The Bertz CT molecular complexity index is 1540. The first-order valence-corrected chi connectivity index (χ1v) is 12.6. The number of methoxy groups -OCH3 is 1. The van der Waals surface area contributed by atoms with Crippen LogP contribution in [0.15, 0.2) is 64.6 Å². The molecule has 0 spiro atoms. The lowest BCUT2D eigenvalue weighted by Crippen LogP contribution is -2.29. The second-order valence-electron chi connectivity index (χ2n) is 8.51. The minimum absolute atomic E-state index is 0.0423. The number of benzene rings is 3. The number of phenols is 1. The Hall–Kier alpha value is -3.69. The summed E-state index contributed by atoms with van der Waals surface area (Å²) in [6.07, 6.45) is 0. The maximum atomic E-state index is 13.4. The number of amides is 1. The van der Waals surface area contributed by atoms with Gasteiger partial charge in [-0.25, -0.2) is 4.98 Å². The minimum atomic E-state index is -0.936. The van der Waals surface area contributed by atoms with E-state index in [-0.39, 0.29) is 17.1 Å². The summed E-state index contributed by atoms with van der Waals surface area (Å²) < 4.78 is 6.73. The van der Waals surface area contributed by atoms with E-state index in [9.17, 15) is 19.8 Å². The van der Waals surface area contributed by atoms with Gasteiger partial charge in [0, 0.05) is 5.56 Å². The number of aryl methyl sites for hydroxylation is 2. The highest BCUT2D eigenvalue weighted by Crippen LogP contribution is 2.45. The molecule has 9 heteroatoms. The van der Waals surface area contributed by atoms with Gasteiger partial charge >= 0.3 is 5.91 Å². The van der Waals surface area contributed by atoms with Gasteiger partial charge in [-0.05, 0) is 88.9 Å². The second-order valence-corrected chi connectivity index (χ2v) is 10.4. The van der Waals surface area contributed by atoms with Gasteiger partial charge in [-0.3, -0.25) is 14.5 Å². The topological polar surface area (TPSA) is 100.0 Å². The molecule has 1 aliphatic heterocycles. The first-order valence-electron chi connectivity index (χ1n) is 11.0. The van der Waals surface area contributed by atoms with Gasteiger partial charge in [-0.1, -0.05) is 23.5 Å². The van der Waals surface area contributed by atoms with Crippen molar-refractivity contribution in [3.63, 3.8) is 0 Å². The van der Waals surface area contributed by atoms with Crippen LogP contribution in [0.3, 0.4) is 0 Å². The van der Waals surface area contributed by atoms with Crippen molar-refractivity contribution in [3.8, 4) is 11.5 Å². The van der Waals surface area contributed by atoms with Crippen molar-refractivity contribution in [2.75, 3.05) is 12.0 Å². The molecule has 0 radical (unpaired) electrons.